The van der Waals surface area contributed by atoms with E-state index < -0.39 is 29.7 Å². The Kier molecular flexibility index (Phi) is 10.6. The summed E-state index contributed by atoms with van der Waals surface area (Å²) in [5.41, 5.74) is 5.39. The van der Waals surface area contributed by atoms with Gasteiger partial charge >= 0.3 is 0 Å². The third kappa shape index (κ3) is 7.51. The van der Waals surface area contributed by atoms with Gasteiger partial charge in [-0.05, 0) is 60.9 Å². The molecule has 2 atom stereocenters. The van der Waals surface area contributed by atoms with Crippen molar-refractivity contribution >= 4 is 51.9 Å². The second-order valence-electron chi connectivity index (χ2n) is 16.1. The van der Waals surface area contributed by atoms with Gasteiger partial charge in [-0.25, -0.2) is 4.98 Å². The molecule has 61 heavy (non-hydrogen) atoms. The summed E-state index contributed by atoms with van der Waals surface area (Å²) in [6, 6.07) is 15.5. The first-order chi connectivity index (χ1) is 29.5. The van der Waals surface area contributed by atoms with Crippen molar-refractivity contribution in [2.45, 2.75) is 64.6 Å². The number of benzene rings is 2. The third-order valence-electron chi connectivity index (χ3n) is 12.1. The van der Waals surface area contributed by atoms with Crippen LogP contribution in [-0.2, 0) is 32.2 Å². The monoisotopic (exact) mass is 823 g/mol. The number of ether oxygens (including phenoxy) is 1. The van der Waals surface area contributed by atoms with E-state index in [2.05, 4.69) is 31.6 Å². The molecule has 2 fully saturated rings. The van der Waals surface area contributed by atoms with Gasteiger partial charge in [-0.1, -0.05) is 31.2 Å². The zero-order valence-electron chi connectivity index (χ0n) is 33.9. The molecule has 16 heteroatoms. The van der Waals surface area contributed by atoms with E-state index in [1.165, 1.54) is 0 Å². The van der Waals surface area contributed by atoms with Crippen molar-refractivity contribution in [3.8, 4) is 22.5 Å². The lowest BCUT2D eigenvalue weighted by molar-refractivity contribution is -0.136. The van der Waals surface area contributed by atoms with Gasteiger partial charge in [0.05, 0.1) is 34.8 Å². The number of fused-ring (bicyclic) bond motifs is 3. The Labute approximate surface area is 351 Å². The second-order valence-corrected chi connectivity index (χ2v) is 16.1. The maximum absolute atomic E-state index is 13.4. The van der Waals surface area contributed by atoms with Crippen molar-refractivity contribution in [2.24, 2.45) is 5.92 Å². The van der Waals surface area contributed by atoms with E-state index in [-0.39, 0.29) is 47.4 Å². The lowest BCUT2D eigenvalue weighted by Crippen LogP contribution is -2.54. The Morgan fingerprint density at radius 3 is 2.49 bits per heavy atom. The molecule has 4 aliphatic heterocycles. The van der Waals surface area contributed by atoms with Crippen LogP contribution in [0.2, 0.25) is 0 Å². The van der Waals surface area contributed by atoms with Crippen LogP contribution < -0.4 is 16.0 Å². The van der Waals surface area contributed by atoms with Gasteiger partial charge in [0, 0.05) is 93.2 Å². The molecular weight excluding hydrogens is 779 g/mol. The van der Waals surface area contributed by atoms with Crippen LogP contribution in [0.4, 0.5) is 5.69 Å². The van der Waals surface area contributed by atoms with E-state index in [4.69, 9.17) is 14.7 Å². The molecule has 312 valence electrons. The van der Waals surface area contributed by atoms with Gasteiger partial charge in [0.2, 0.25) is 17.7 Å². The van der Waals surface area contributed by atoms with Crippen LogP contribution in [0.25, 0.3) is 33.3 Å². The first-order valence-electron chi connectivity index (χ1n) is 20.7. The number of rotatable bonds is 10. The molecule has 0 radical (unpaired) electrons. The van der Waals surface area contributed by atoms with Gasteiger partial charge in [0.15, 0.2) is 0 Å². The molecule has 6 amide bonds. The Morgan fingerprint density at radius 1 is 0.918 bits per heavy atom. The molecule has 3 aromatic heterocycles. The number of amides is 6. The van der Waals surface area contributed by atoms with E-state index in [0.29, 0.717) is 63.2 Å². The smallest absolute Gasteiger partial charge is 0.269 e. The van der Waals surface area contributed by atoms with Crippen LogP contribution in [0.15, 0.2) is 67.0 Å². The second kappa shape index (κ2) is 16.3. The molecule has 1 unspecified atom stereocenters. The highest BCUT2D eigenvalue weighted by molar-refractivity contribution is 6.25. The van der Waals surface area contributed by atoms with Crippen molar-refractivity contribution in [3.05, 3.63) is 95.3 Å². The zero-order chi connectivity index (χ0) is 42.4. The summed E-state index contributed by atoms with van der Waals surface area (Å²) in [6.45, 7) is 7.50. The number of aromatic nitrogens is 4. The molecule has 0 saturated carbocycles. The van der Waals surface area contributed by atoms with Gasteiger partial charge in [-0.2, -0.15) is 0 Å². The lowest BCUT2D eigenvalue weighted by Gasteiger charge is -2.30. The quantitative estimate of drug-likeness (QED) is 0.170. The van der Waals surface area contributed by atoms with E-state index in [1.54, 1.807) is 37.4 Å². The summed E-state index contributed by atoms with van der Waals surface area (Å²) < 4.78 is 7.97. The van der Waals surface area contributed by atoms with Crippen LogP contribution in [-0.4, -0.2) is 104 Å². The molecule has 16 nitrogen and oxygen atoms in total. The molecule has 0 bridgehead atoms. The largest absolute Gasteiger partial charge is 0.384 e. The number of imidazole rings is 1. The number of hydrogen-bond acceptors (Lipinski definition) is 11. The first kappa shape index (κ1) is 39.6. The number of piperidine rings is 1. The molecule has 4 aliphatic rings. The number of pyridine rings is 2. The molecule has 2 aromatic carbocycles. The average molecular weight is 824 g/mol. The summed E-state index contributed by atoms with van der Waals surface area (Å²) in [6.07, 6.45) is 5.44. The van der Waals surface area contributed by atoms with E-state index in [9.17, 15) is 28.8 Å². The molecular formula is C45H45N9O7. The standard InChI is InChI=1S/C45H45N9O7/c1-25(20-46-33-8-4-7-31-39(33)45(60)54(44(31)59)36-11-12-38(56)50-43(36)58)21-49-42(57)34-10-9-29(22-47-34)35-19-28-5-3-6-30(32(28)23-48-35)40-37-24-52(26(2)55)15-16-53(37)41(51-40)27-13-17-61-18-14-27/h3-10,19,22-23,25,27,36,46H,11-18,20-21,24H2,1-2H3,(H,49,57)(H,50,56,58)/t25-,36?/m0/s1. The minimum atomic E-state index is -1.05. The number of hydrogen-bond donors (Lipinski definition) is 3. The zero-order valence-corrected chi connectivity index (χ0v) is 33.9. The predicted molar refractivity (Wildman–Crippen MR) is 223 cm³/mol. The Balaban J connectivity index is 0.851. The highest BCUT2D eigenvalue weighted by Gasteiger charge is 2.45. The maximum atomic E-state index is 13.4. The average Bonchev–Trinajstić information content (AvgIpc) is 3.78. The fraction of sp³-hybridized carbons (Fsp3) is 0.356. The van der Waals surface area contributed by atoms with E-state index in [1.807, 2.05) is 42.3 Å². The van der Waals surface area contributed by atoms with Crippen LogP contribution >= 0.6 is 0 Å². The SMILES string of the molecule is CC(=O)N1CCn2c(C3CCOCC3)nc(-c3cccc4cc(-c5ccc(C(=O)NC[C@@H](C)CNc6cccc7c6C(=O)N(C6CCC(=O)NC6=O)C7=O)nc5)ncc34)c2C1. The van der Waals surface area contributed by atoms with Crippen LogP contribution in [0, 0.1) is 5.92 Å². The molecule has 0 spiro atoms. The fourth-order valence-electron chi connectivity index (χ4n) is 8.74. The molecule has 0 aliphatic carbocycles. The van der Waals surface area contributed by atoms with Crippen LogP contribution in [0.1, 0.15) is 88.2 Å². The number of carbonyl (C=O) groups excluding carboxylic acids is 6. The Bertz CT molecular complexity index is 2620. The van der Waals surface area contributed by atoms with Gasteiger partial charge in [-0.3, -0.25) is 49.0 Å². The van der Waals surface area contributed by atoms with E-state index >= 15 is 0 Å². The topological polar surface area (TPSA) is 198 Å². The fourth-order valence-corrected chi connectivity index (χ4v) is 8.74. The van der Waals surface area contributed by atoms with Crippen LogP contribution in [0.3, 0.4) is 0 Å². The van der Waals surface area contributed by atoms with Gasteiger partial charge in [0.25, 0.3) is 17.7 Å². The third-order valence-corrected chi connectivity index (χ3v) is 12.1. The van der Waals surface area contributed by atoms with Gasteiger partial charge in [-0.15, -0.1) is 0 Å². The van der Waals surface area contributed by atoms with Crippen molar-refractivity contribution in [3.63, 3.8) is 0 Å². The lowest BCUT2D eigenvalue weighted by atomic mass is 9.99. The number of nitrogens with one attached hydrogen (secondary N) is 3. The minimum Gasteiger partial charge on any atom is -0.384 e. The molecule has 2 saturated heterocycles. The Morgan fingerprint density at radius 2 is 1.72 bits per heavy atom. The number of carbonyl (C=O) groups is 6. The van der Waals surface area contributed by atoms with Crippen molar-refractivity contribution in [1.82, 2.24) is 40.0 Å². The van der Waals surface area contributed by atoms with Gasteiger partial charge < -0.3 is 24.8 Å². The predicted octanol–water partition coefficient (Wildman–Crippen LogP) is 4.30. The normalized spacial score (nSPS) is 18.5. The molecule has 5 aromatic rings. The summed E-state index contributed by atoms with van der Waals surface area (Å²) in [7, 11) is 0. The van der Waals surface area contributed by atoms with E-state index in [0.717, 1.165) is 56.9 Å². The highest BCUT2D eigenvalue weighted by Crippen LogP contribution is 2.38. The molecule has 7 heterocycles. The van der Waals surface area contributed by atoms with Crippen LogP contribution in [0.5, 0.6) is 0 Å². The van der Waals surface area contributed by atoms with Gasteiger partial charge in [0.1, 0.15) is 17.6 Å². The summed E-state index contributed by atoms with van der Waals surface area (Å²) in [4.78, 5) is 93.7. The van der Waals surface area contributed by atoms with Crippen molar-refractivity contribution < 1.29 is 33.5 Å². The van der Waals surface area contributed by atoms with Crippen molar-refractivity contribution in [1.29, 1.82) is 0 Å². The number of anilines is 1. The summed E-state index contributed by atoms with van der Waals surface area (Å²) in [5, 5.41) is 10.3. The summed E-state index contributed by atoms with van der Waals surface area (Å²) in [5.74, 6) is -1.28. The maximum Gasteiger partial charge on any atom is 0.269 e. The number of imide groups is 2. The number of nitrogens with zero attached hydrogens (tertiary/aromatic N) is 6. The minimum absolute atomic E-state index is 0.0407. The Hall–Kier alpha value is -6.81. The van der Waals surface area contributed by atoms with Crippen molar-refractivity contribution in [2.75, 3.05) is 38.2 Å². The molecule has 3 N–H and O–H groups in total. The highest BCUT2D eigenvalue weighted by atomic mass is 16.5. The molecule has 9 rings (SSSR count). The first-order valence-corrected chi connectivity index (χ1v) is 20.7. The summed E-state index contributed by atoms with van der Waals surface area (Å²) >= 11 is 0.